The van der Waals surface area contributed by atoms with E-state index in [-0.39, 0.29) is 17.5 Å². The number of rotatable bonds is 1. The van der Waals surface area contributed by atoms with Crippen molar-refractivity contribution in [2.75, 3.05) is 0 Å². The first-order chi connectivity index (χ1) is 6.68. The average molecular weight is 211 g/mol. The molecule has 0 heterocycles. The number of hydrogen-bond acceptors (Lipinski definition) is 2. The third kappa shape index (κ3) is 1.62. The normalized spacial score (nSPS) is 24.4. The van der Waals surface area contributed by atoms with Crippen LogP contribution in [-0.4, -0.2) is 11.3 Å². The van der Waals surface area contributed by atoms with Crippen LogP contribution in [0.15, 0.2) is 24.3 Å². The van der Waals surface area contributed by atoms with E-state index in [0.29, 0.717) is 0 Å². The molecular weight excluding hydrogens is 200 g/mol. The van der Waals surface area contributed by atoms with Gasteiger partial charge in [0.2, 0.25) is 0 Å². The van der Waals surface area contributed by atoms with Gasteiger partial charge in [0.05, 0.1) is 5.38 Å². The molecule has 2 atom stereocenters. The van der Waals surface area contributed by atoms with Crippen molar-refractivity contribution in [3.63, 3.8) is 0 Å². The van der Waals surface area contributed by atoms with Crippen LogP contribution in [0.3, 0.4) is 0 Å². The predicted octanol–water partition coefficient (Wildman–Crippen LogP) is 2.45. The summed E-state index contributed by atoms with van der Waals surface area (Å²) in [5.41, 5.74) is 2.22. The van der Waals surface area contributed by atoms with Gasteiger partial charge >= 0.3 is 5.97 Å². The first-order valence-corrected chi connectivity index (χ1v) is 5.01. The van der Waals surface area contributed by atoms with E-state index >= 15 is 0 Å². The molecule has 0 amide bonds. The summed E-state index contributed by atoms with van der Waals surface area (Å²) < 4.78 is 5.18. The van der Waals surface area contributed by atoms with E-state index in [1.807, 2.05) is 24.3 Å². The summed E-state index contributed by atoms with van der Waals surface area (Å²) in [6, 6.07) is 7.89. The highest BCUT2D eigenvalue weighted by molar-refractivity contribution is 6.21. The molecule has 0 unspecified atom stereocenters. The van der Waals surface area contributed by atoms with Crippen LogP contribution in [0.4, 0.5) is 0 Å². The second kappa shape index (κ2) is 3.62. The van der Waals surface area contributed by atoms with Crippen molar-refractivity contribution in [1.29, 1.82) is 0 Å². The van der Waals surface area contributed by atoms with Crippen LogP contribution < -0.4 is 0 Å². The predicted molar refractivity (Wildman–Crippen MR) is 54.3 cm³/mol. The van der Waals surface area contributed by atoms with Gasteiger partial charge in [-0.1, -0.05) is 24.3 Å². The number of carbonyl (C=O) groups is 1. The van der Waals surface area contributed by atoms with Crippen LogP contribution in [-0.2, 0) is 16.0 Å². The van der Waals surface area contributed by atoms with Gasteiger partial charge < -0.3 is 4.74 Å². The highest BCUT2D eigenvalue weighted by Gasteiger charge is 2.32. The Morgan fingerprint density at radius 3 is 2.93 bits per heavy atom. The molecule has 1 aromatic carbocycles. The number of alkyl halides is 1. The molecule has 0 aromatic heterocycles. The van der Waals surface area contributed by atoms with Crippen LogP contribution in [0.2, 0.25) is 0 Å². The Bertz CT molecular complexity index is 362. The minimum atomic E-state index is -0.280. The summed E-state index contributed by atoms with van der Waals surface area (Å²) in [7, 11) is 0. The molecule has 1 aliphatic carbocycles. The van der Waals surface area contributed by atoms with Crippen molar-refractivity contribution >= 4 is 17.6 Å². The SMILES string of the molecule is CC(=O)O[C@H]1c2ccccc2C[C@H]1Cl. The van der Waals surface area contributed by atoms with Gasteiger partial charge in [0.1, 0.15) is 6.10 Å². The second-order valence-corrected chi connectivity index (χ2v) is 4.01. The summed E-state index contributed by atoms with van der Waals surface area (Å²) in [5.74, 6) is -0.280. The van der Waals surface area contributed by atoms with Gasteiger partial charge in [-0.25, -0.2) is 0 Å². The number of carbonyl (C=O) groups excluding carboxylic acids is 1. The number of benzene rings is 1. The zero-order valence-electron chi connectivity index (χ0n) is 7.87. The summed E-state index contributed by atoms with van der Waals surface area (Å²) >= 11 is 6.11. The Balaban J connectivity index is 2.30. The van der Waals surface area contributed by atoms with E-state index in [2.05, 4.69) is 0 Å². The molecule has 0 N–H and O–H groups in total. The third-order valence-electron chi connectivity index (χ3n) is 2.40. The Morgan fingerprint density at radius 1 is 1.50 bits per heavy atom. The summed E-state index contributed by atoms with van der Waals surface area (Å²) in [6.45, 7) is 1.41. The minimum absolute atomic E-state index is 0.128. The topological polar surface area (TPSA) is 26.3 Å². The van der Waals surface area contributed by atoms with Crippen LogP contribution in [0.25, 0.3) is 0 Å². The second-order valence-electron chi connectivity index (χ2n) is 3.45. The zero-order valence-corrected chi connectivity index (χ0v) is 8.62. The van der Waals surface area contributed by atoms with Crippen molar-refractivity contribution in [3.05, 3.63) is 35.4 Å². The van der Waals surface area contributed by atoms with E-state index < -0.39 is 0 Å². The van der Waals surface area contributed by atoms with Gasteiger partial charge in [-0.3, -0.25) is 4.79 Å². The highest BCUT2D eigenvalue weighted by Crippen LogP contribution is 2.37. The lowest BCUT2D eigenvalue weighted by Gasteiger charge is -2.14. The molecule has 2 rings (SSSR count). The van der Waals surface area contributed by atoms with Crippen molar-refractivity contribution in [2.24, 2.45) is 0 Å². The number of fused-ring (bicyclic) bond motifs is 1. The van der Waals surface area contributed by atoms with Gasteiger partial charge in [-0.05, 0) is 17.5 Å². The maximum Gasteiger partial charge on any atom is 0.303 e. The van der Waals surface area contributed by atoms with Gasteiger partial charge in [-0.2, -0.15) is 0 Å². The lowest BCUT2D eigenvalue weighted by atomic mass is 10.1. The standard InChI is InChI=1S/C11H11ClO2/c1-7(13)14-11-9-5-3-2-4-8(9)6-10(11)12/h2-5,10-11H,6H2,1H3/t10-,11+/m1/s1. The monoisotopic (exact) mass is 210 g/mol. The van der Waals surface area contributed by atoms with E-state index in [1.165, 1.54) is 12.5 Å². The first kappa shape index (κ1) is 9.53. The quantitative estimate of drug-likeness (QED) is 0.526. The summed E-state index contributed by atoms with van der Waals surface area (Å²) in [4.78, 5) is 10.9. The fourth-order valence-corrected chi connectivity index (χ4v) is 2.18. The molecule has 1 aliphatic rings. The molecule has 0 radical (unpaired) electrons. The van der Waals surface area contributed by atoms with Gasteiger partial charge in [0, 0.05) is 6.92 Å². The van der Waals surface area contributed by atoms with Crippen molar-refractivity contribution in [2.45, 2.75) is 24.8 Å². The van der Waals surface area contributed by atoms with Crippen LogP contribution >= 0.6 is 11.6 Å². The Kier molecular flexibility index (Phi) is 2.46. The van der Waals surface area contributed by atoms with Gasteiger partial charge in [0.25, 0.3) is 0 Å². The van der Waals surface area contributed by atoms with Crippen molar-refractivity contribution in [1.82, 2.24) is 0 Å². The zero-order chi connectivity index (χ0) is 10.1. The lowest BCUT2D eigenvalue weighted by Crippen LogP contribution is -2.13. The van der Waals surface area contributed by atoms with Crippen molar-refractivity contribution < 1.29 is 9.53 Å². The van der Waals surface area contributed by atoms with Crippen LogP contribution in [0.5, 0.6) is 0 Å². The molecular formula is C11H11ClO2. The fourth-order valence-electron chi connectivity index (χ4n) is 1.83. The molecule has 2 nitrogen and oxygen atoms in total. The first-order valence-electron chi connectivity index (χ1n) is 4.57. The van der Waals surface area contributed by atoms with Gasteiger partial charge in [-0.15, -0.1) is 11.6 Å². The number of ether oxygens (including phenoxy) is 1. The molecule has 0 spiro atoms. The van der Waals surface area contributed by atoms with E-state index in [9.17, 15) is 4.79 Å². The third-order valence-corrected chi connectivity index (χ3v) is 2.78. The maximum atomic E-state index is 10.9. The number of halogens is 1. The van der Waals surface area contributed by atoms with Crippen LogP contribution in [0, 0.1) is 0 Å². The molecule has 0 saturated heterocycles. The Labute approximate surface area is 87.8 Å². The van der Waals surface area contributed by atoms with Gasteiger partial charge in [0.15, 0.2) is 0 Å². The highest BCUT2D eigenvalue weighted by atomic mass is 35.5. The van der Waals surface area contributed by atoms with Crippen LogP contribution in [0.1, 0.15) is 24.2 Å². The molecule has 3 heteroatoms. The molecule has 0 bridgehead atoms. The number of esters is 1. The Hall–Kier alpha value is -1.02. The fraction of sp³-hybridized carbons (Fsp3) is 0.364. The van der Waals surface area contributed by atoms with E-state index in [0.717, 1.165) is 12.0 Å². The molecule has 0 saturated carbocycles. The molecule has 0 aliphatic heterocycles. The summed E-state index contributed by atoms with van der Waals surface area (Å²) in [5, 5.41) is -0.128. The largest absolute Gasteiger partial charge is 0.456 e. The Morgan fingerprint density at radius 2 is 2.21 bits per heavy atom. The summed E-state index contributed by atoms with van der Waals surface area (Å²) in [6.07, 6.45) is 0.501. The van der Waals surface area contributed by atoms with E-state index in [1.54, 1.807) is 0 Å². The lowest BCUT2D eigenvalue weighted by molar-refractivity contribution is -0.146. The average Bonchev–Trinajstić information content (AvgIpc) is 2.43. The number of hydrogen-bond donors (Lipinski definition) is 0. The smallest absolute Gasteiger partial charge is 0.303 e. The molecule has 0 fully saturated rings. The molecule has 14 heavy (non-hydrogen) atoms. The molecule has 1 aromatic rings. The van der Waals surface area contributed by atoms with E-state index in [4.69, 9.17) is 16.3 Å². The van der Waals surface area contributed by atoms with Crippen molar-refractivity contribution in [3.8, 4) is 0 Å². The molecule has 74 valence electrons. The minimum Gasteiger partial charge on any atom is -0.456 e. The maximum absolute atomic E-state index is 10.9.